The van der Waals surface area contributed by atoms with Gasteiger partial charge in [-0.05, 0) is 12.5 Å². The van der Waals surface area contributed by atoms with Gasteiger partial charge in [-0.15, -0.1) is 0 Å². The maximum absolute atomic E-state index is 11.8. The average Bonchev–Trinajstić information content (AvgIpc) is 2.61. The Morgan fingerprint density at radius 2 is 2.06 bits per heavy atom. The molecule has 0 aliphatic carbocycles. The van der Waals surface area contributed by atoms with E-state index >= 15 is 0 Å². The van der Waals surface area contributed by atoms with Gasteiger partial charge >= 0.3 is 0 Å². The van der Waals surface area contributed by atoms with Crippen molar-refractivity contribution in [2.45, 2.75) is 25.8 Å². The molecule has 2 rings (SSSR count). The molecule has 0 aromatic heterocycles. The predicted octanol–water partition coefficient (Wildman–Crippen LogP) is 0.884. The van der Waals surface area contributed by atoms with E-state index in [0.717, 1.165) is 5.56 Å². The van der Waals surface area contributed by atoms with Crippen molar-refractivity contribution in [3.05, 3.63) is 35.4 Å². The number of likely N-dealkylation sites (N-methyl/N-ethyl adjacent to an activating group) is 1. The molecule has 2 amide bonds. The molecule has 1 aromatic carbocycles. The first-order valence-corrected chi connectivity index (χ1v) is 6.13. The van der Waals surface area contributed by atoms with Crippen LogP contribution in [-0.2, 0) is 16.0 Å². The Kier molecular flexibility index (Phi) is 3.65. The van der Waals surface area contributed by atoms with Crippen molar-refractivity contribution >= 4 is 11.8 Å². The molecule has 1 saturated heterocycles. The topological polar surface area (TPSA) is 49.4 Å². The Hall–Kier alpha value is -1.84. The third kappa shape index (κ3) is 3.09. The van der Waals surface area contributed by atoms with E-state index in [4.69, 9.17) is 0 Å². The minimum absolute atomic E-state index is 0.0213. The van der Waals surface area contributed by atoms with Gasteiger partial charge in [-0.3, -0.25) is 9.59 Å². The molecule has 1 fully saturated rings. The van der Waals surface area contributed by atoms with E-state index in [-0.39, 0.29) is 17.9 Å². The molecule has 0 bridgehead atoms. The van der Waals surface area contributed by atoms with E-state index < -0.39 is 0 Å². The van der Waals surface area contributed by atoms with Crippen molar-refractivity contribution in [1.82, 2.24) is 10.2 Å². The number of rotatable bonds is 3. The maximum Gasteiger partial charge on any atom is 0.224 e. The number of aryl methyl sites for hydroxylation is 1. The number of benzene rings is 1. The number of carbonyl (C=O) groups is 2. The van der Waals surface area contributed by atoms with Gasteiger partial charge in [0.15, 0.2) is 0 Å². The van der Waals surface area contributed by atoms with Gasteiger partial charge in [0.1, 0.15) is 0 Å². The molecule has 1 aliphatic rings. The minimum Gasteiger partial charge on any atom is -0.351 e. The van der Waals surface area contributed by atoms with E-state index in [1.54, 1.807) is 11.9 Å². The number of nitrogens with one attached hydrogen (secondary N) is 1. The average molecular weight is 246 g/mol. The van der Waals surface area contributed by atoms with Crippen LogP contribution < -0.4 is 5.32 Å². The minimum atomic E-state index is -0.0413. The fourth-order valence-electron chi connectivity index (χ4n) is 2.13. The van der Waals surface area contributed by atoms with Crippen LogP contribution in [0.4, 0.5) is 0 Å². The summed E-state index contributed by atoms with van der Waals surface area (Å²) in [4.78, 5) is 24.8. The van der Waals surface area contributed by atoms with Gasteiger partial charge in [-0.1, -0.05) is 29.8 Å². The lowest BCUT2D eigenvalue weighted by atomic mass is 10.1. The van der Waals surface area contributed by atoms with Gasteiger partial charge in [0.05, 0.1) is 12.5 Å². The molecule has 1 heterocycles. The Morgan fingerprint density at radius 1 is 1.39 bits per heavy atom. The molecular weight excluding hydrogens is 228 g/mol. The number of amides is 2. The van der Waals surface area contributed by atoms with Crippen LogP contribution in [0.5, 0.6) is 0 Å². The van der Waals surface area contributed by atoms with Gasteiger partial charge in [0.25, 0.3) is 0 Å². The number of hydrogen-bond acceptors (Lipinski definition) is 2. The van der Waals surface area contributed by atoms with Crippen LogP contribution >= 0.6 is 0 Å². The van der Waals surface area contributed by atoms with Crippen molar-refractivity contribution in [3.8, 4) is 0 Å². The van der Waals surface area contributed by atoms with Crippen molar-refractivity contribution < 1.29 is 9.59 Å². The quantitative estimate of drug-likeness (QED) is 0.861. The normalized spacial score (nSPS) is 19.1. The van der Waals surface area contributed by atoms with E-state index in [0.29, 0.717) is 19.4 Å². The molecule has 4 nitrogen and oxygen atoms in total. The highest BCUT2D eigenvalue weighted by atomic mass is 16.2. The summed E-state index contributed by atoms with van der Waals surface area (Å²) in [6.45, 7) is 2.63. The lowest BCUT2D eigenvalue weighted by molar-refractivity contribution is -0.126. The van der Waals surface area contributed by atoms with Crippen LogP contribution in [0, 0.1) is 6.92 Å². The van der Waals surface area contributed by atoms with Crippen LogP contribution in [0.3, 0.4) is 0 Å². The first-order chi connectivity index (χ1) is 8.54. The van der Waals surface area contributed by atoms with Gasteiger partial charge in [-0.25, -0.2) is 0 Å². The summed E-state index contributed by atoms with van der Waals surface area (Å²) in [7, 11) is 1.76. The summed E-state index contributed by atoms with van der Waals surface area (Å²) < 4.78 is 0. The standard InChI is InChI=1S/C14H18N2O2/c1-10-3-5-11(6-4-10)7-13(17)15-12-8-14(18)16(2)9-12/h3-6,12H,7-9H2,1-2H3,(H,15,17). The monoisotopic (exact) mass is 246 g/mol. The Labute approximate surface area is 107 Å². The zero-order valence-corrected chi connectivity index (χ0v) is 10.8. The first kappa shape index (κ1) is 12.6. The summed E-state index contributed by atoms with van der Waals surface area (Å²) in [5.74, 6) is 0.0718. The third-order valence-electron chi connectivity index (χ3n) is 3.19. The highest BCUT2D eigenvalue weighted by Crippen LogP contribution is 2.09. The molecule has 0 spiro atoms. The summed E-state index contributed by atoms with van der Waals surface area (Å²) in [5, 5.41) is 2.90. The van der Waals surface area contributed by atoms with E-state index in [9.17, 15) is 9.59 Å². The lowest BCUT2D eigenvalue weighted by Gasteiger charge is -2.12. The van der Waals surface area contributed by atoms with Gasteiger partial charge in [0, 0.05) is 20.0 Å². The Morgan fingerprint density at radius 3 is 2.61 bits per heavy atom. The van der Waals surface area contributed by atoms with E-state index in [2.05, 4.69) is 5.32 Å². The number of carbonyl (C=O) groups excluding carboxylic acids is 2. The van der Waals surface area contributed by atoms with Crippen LogP contribution in [0.1, 0.15) is 17.5 Å². The summed E-state index contributed by atoms with van der Waals surface area (Å²) >= 11 is 0. The molecule has 1 atom stereocenters. The maximum atomic E-state index is 11.8. The Bertz CT molecular complexity index is 453. The summed E-state index contributed by atoms with van der Waals surface area (Å²) in [6, 6.07) is 7.87. The highest BCUT2D eigenvalue weighted by molar-refractivity contribution is 5.83. The highest BCUT2D eigenvalue weighted by Gasteiger charge is 2.27. The van der Waals surface area contributed by atoms with Crippen LogP contribution in [0.25, 0.3) is 0 Å². The fraction of sp³-hybridized carbons (Fsp3) is 0.429. The van der Waals surface area contributed by atoms with Crippen molar-refractivity contribution in [1.29, 1.82) is 0 Å². The third-order valence-corrected chi connectivity index (χ3v) is 3.19. The SMILES string of the molecule is Cc1ccc(CC(=O)NC2CC(=O)N(C)C2)cc1. The second kappa shape index (κ2) is 5.21. The van der Waals surface area contributed by atoms with Crippen molar-refractivity contribution in [3.63, 3.8) is 0 Å². The van der Waals surface area contributed by atoms with Crippen molar-refractivity contribution in [2.75, 3.05) is 13.6 Å². The molecule has 1 aromatic rings. The van der Waals surface area contributed by atoms with E-state index in [1.165, 1.54) is 5.56 Å². The zero-order valence-electron chi connectivity index (χ0n) is 10.8. The number of hydrogen-bond donors (Lipinski definition) is 1. The molecule has 96 valence electrons. The summed E-state index contributed by atoms with van der Waals surface area (Å²) in [6.07, 6.45) is 0.783. The first-order valence-electron chi connectivity index (χ1n) is 6.13. The van der Waals surface area contributed by atoms with Crippen LogP contribution in [0.2, 0.25) is 0 Å². The van der Waals surface area contributed by atoms with Crippen LogP contribution in [0.15, 0.2) is 24.3 Å². The Balaban J connectivity index is 1.86. The number of likely N-dealkylation sites (tertiary alicyclic amines) is 1. The smallest absolute Gasteiger partial charge is 0.224 e. The zero-order chi connectivity index (χ0) is 13.1. The fourth-order valence-corrected chi connectivity index (χ4v) is 2.13. The van der Waals surface area contributed by atoms with Gasteiger partial charge in [0.2, 0.25) is 11.8 Å². The molecule has 1 aliphatic heterocycles. The number of nitrogens with zero attached hydrogens (tertiary/aromatic N) is 1. The molecule has 1 N–H and O–H groups in total. The van der Waals surface area contributed by atoms with Crippen LogP contribution in [-0.4, -0.2) is 36.3 Å². The predicted molar refractivity (Wildman–Crippen MR) is 69.1 cm³/mol. The molecule has 18 heavy (non-hydrogen) atoms. The molecule has 0 radical (unpaired) electrons. The molecule has 0 saturated carbocycles. The lowest BCUT2D eigenvalue weighted by Crippen LogP contribution is -2.37. The molecular formula is C14H18N2O2. The van der Waals surface area contributed by atoms with Gasteiger partial charge < -0.3 is 10.2 Å². The van der Waals surface area contributed by atoms with Gasteiger partial charge in [-0.2, -0.15) is 0 Å². The van der Waals surface area contributed by atoms with Crippen molar-refractivity contribution in [2.24, 2.45) is 0 Å². The largest absolute Gasteiger partial charge is 0.351 e. The molecule has 1 unspecified atom stereocenters. The second-order valence-corrected chi connectivity index (χ2v) is 4.91. The second-order valence-electron chi connectivity index (χ2n) is 4.91. The molecule has 4 heteroatoms. The summed E-state index contributed by atoms with van der Waals surface area (Å²) in [5.41, 5.74) is 2.18. The van der Waals surface area contributed by atoms with E-state index in [1.807, 2.05) is 31.2 Å².